The highest BCUT2D eigenvalue weighted by molar-refractivity contribution is 6.43. The van der Waals surface area contributed by atoms with Gasteiger partial charge in [-0.15, -0.1) is 0 Å². The molecule has 20 heavy (non-hydrogen) atoms. The second-order valence-electron chi connectivity index (χ2n) is 3.91. The second kappa shape index (κ2) is 6.35. The van der Waals surface area contributed by atoms with Crippen LogP contribution in [0, 0.1) is 0 Å². The molecule has 3 nitrogen and oxygen atoms in total. The number of nitrogens with zero attached hydrogens (tertiary/aromatic N) is 1. The molecule has 0 saturated carbocycles. The van der Waals surface area contributed by atoms with Crippen LogP contribution in [-0.2, 0) is 0 Å². The molecule has 0 heterocycles. The summed E-state index contributed by atoms with van der Waals surface area (Å²) >= 11 is 17.8. The molecule has 0 radical (unpaired) electrons. The molecule has 2 rings (SSSR count). The number of aliphatic imine (C=N–C) groups is 1. The largest absolute Gasteiger partial charge is 0.504 e. The topological polar surface area (TPSA) is 41.8 Å². The monoisotopic (exact) mass is 329 g/mol. The van der Waals surface area contributed by atoms with E-state index < -0.39 is 0 Å². The Balaban J connectivity index is 2.32. The molecule has 104 valence electrons. The molecule has 1 N–H and O–H groups in total. The highest BCUT2D eigenvalue weighted by Gasteiger charge is 2.05. The van der Waals surface area contributed by atoms with Crippen molar-refractivity contribution in [2.45, 2.75) is 0 Å². The lowest BCUT2D eigenvalue weighted by molar-refractivity contribution is 0.373. The Morgan fingerprint density at radius 2 is 1.75 bits per heavy atom. The number of benzene rings is 2. The number of methoxy groups -OCH3 is 1. The Kier molecular flexibility index (Phi) is 4.76. The number of aromatic hydroxyl groups is 1. The zero-order valence-corrected chi connectivity index (χ0v) is 12.7. The number of phenolic OH excluding ortho intramolecular Hbond substituents is 1. The predicted molar refractivity (Wildman–Crippen MR) is 83.4 cm³/mol. The number of phenols is 1. The Morgan fingerprint density at radius 1 is 1.05 bits per heavy atom. The van der Waals surface area contributed by atoms with Crippen LogP contribution in [0.15, 0.2) is 35.3 Å². The quantitative estimate of drug-likeness (QED) is 0.627. The van der Waals surface area contributed by atoms with E-state index in [1.807, 2.05) is 0 Å². The van der Waals surface area contributed by atoms with E-state index in [-0.39, 0.29) is 5.75 Å². The SMILES string of the molecule is COc1cc(C=Nc2cc(Cl)c(Cl)cc2Cl)ccc1O. The van der Waals surface area contributed by atoms with Crippen LogP contribution >= 0.6 is 34.8 Å². The fourth-order valence-corrected chi connectivity index (χ4v) is 2.12. The van der Waals surface area contributed by atoms with Gasteiger partial charge in [-0.1, -0.05) is 34.8 Å². The zero-order chi connectivity index (χ0) is 14.7. The van der Waals surface area contributed by atoms with E-state index >= 15 is 0 Å². The van der Waals surface area contributed by atoms with Gasteiger partial charge in [-0.05, 0) is 35.9 Å². The van der Waals surface area contributed by atoms with Crippen molar-refractivity contribution in [3.05, 3.63) is 51.0 Å². The second-order valence-corrected chi connectivity index (χ2v) is 5.13. The normalized spacial score (nSPS) is 11.0. The smallest absolute Gasteiger partial charge is 0.161 e. The zero-order valence-electron chi connectivity index (χ0n) is 10.4. The molecule has 0 amide bonds. The van der Waals surface area contributed by atoms with E-state index in [1.54, 1.807) is 24.4 Å². The van der Waals surface area contributed by atoms with Gasteiger partial charge in [0.15, 0.2) is 11.5 Å². The molecule has 0 saturated heterocycles. The Bertz CT molecular complexity index is 672. The first-order valence-electron chi connectivity index (χ1n) is 5.57. The van der Waals surface area contributed by atoms with Gasteiger partial charge in [-0.25, -0.2) is 0 Å². The maximum atomic E-state index is 9.51. The molecular formula is C14H10Cl3NO2. The number of hydrogen-bond donors (Lipinski definition) is 1. The summed E-state index contributed by atoms with van der Waals surface area (Å²) in [5, 5.41) is 10.7. The van der Waals surface area contributed by atoms with Crippen molar-refractivity contribution in [3.8, 4) is 11.5 Å². The Hall–Kier alpha value is -1.42. The van der Waals surface area contributed by atoms with Crippen LogP contribution in [-0.4, -0.2) is 18.4 Å². The Labute approximate surface area is 131 Å². The number of rotatable bonds is 3. The first-order valence-corrected chi connectivity index (χ1v) is 6.70. The van der Waals surface area contributed by atoms with Gasteiger partial charge in [-0.2, -0.15) is 0 Å². The number of halogens is 3. The molecule has 0 aliphatic heterocycles. The van der Waals surface area contributed by atoms with Gasteiger partial charge in [0.25, 0.3) is 0 Å². The van der Waals surface area contributed by atoms with Gasteiger partial charge in [0, 0.05) is 6.21 Å². The highest BCUT2D eigenvalue weighted by Crippen LogP contribution is 2.34. The van der Waals surface area contributed by atoms with Gasteiger partial charge >= 0.3 is 0 Å². The standard InChI is InChI=1S/C14H10Cl3NO2/c1-20-14-4-8(2-3-13(14)19)7-18-12-6-10(16)9(15)5-11(12)17/h2-7,19H,1H3. The summed E-state index contributed by atoms with van der Waals surface area (Å²) in [6.07, 6.45) is 1.59. The lowest BCUT2D eigenvalue weighted by Crippen LogP contribution is -1.87. The third-order valence-corrected chi connectivity index (χ3v) is 3.57. The minimum absolute atomic E-state index is 0.0669. The lowest BCUT2D eigenvalue weighted by atomic mass is 10.2. The molecule has 0 aliphatic carbocycles. The van der Waals surface area contributed by atoms with Crippen molar-refractivity contribution < 1.29 is 9.84 Å². The maximum Gasteiger partial charge on any atom is 0.161 e. The van der Waals surface area contributed by atoms with Crippen LogP contribution in [0.25, 0.3) is 0 Å². The van der Waals surface area contributed by atoms with Crippen molar-refractivity contribution in [2.75, 3.05) is 7.11 Å². The first-order chi connectivity index (χ1) is 9.51. The summed E-state index contributed by atoms with van der Waals surface area (Å²) in [4.78, 5) is 4.25. The molecule has 2 aromatic rings. The summed E-state index contributed by atoms with van der Waals surface area (Å²) in [5.41, 5.74) is 1.26. The number of ether oxygens (including phenoxy) is 1. The van der Waals surface area contributed by atoms with Gasteiger partial charge in [0.1, 0.15) is 0 Å². The minimum Gasteiger partial charge on any atom is -0.504 e. The molecule has 0 aliphatic rings. The van der Waals surface area contributed by atoms with E-state index in [2.05, 4.69) is 4.99 Å². The van der Waals surface area contributed by atoms with Crippen LogP contribution in [0.2, 0.25) is 15.1 Å². The molecule has 6 heteroatoms. The van der Waals surface area contributed by atoms with Crippen LogP contribution in [0.5, 0.6) is 11.5 Å². The summed E-state index contributed by atoms with van der Waals surface area (Å²) in [7, 11) is 1.48. The van der Waals surface area contributed by atoms with Crippen molar-refractivity contribution in [1.29, 1.82) is 0 Å². The van der Waals surface area contributed by atoms with Gasteiger partial charge in [0.05, 0.1) is 27.9 Å². The van der Waals surface area contributed by atoms with Crippen molar-refractivity contribution >= 4 is 46.7 Å². The third-order valence-electron chi connectivity index (χ3n) is 2.55. The van der Waals surface area contributed by atoms with Gasteiger partial charge in [-0.3, -0.25) is 4.99 Å². The van der Waals surface area contributed by atoms with E-state index in [1.165, 1.54) is 19.2 Å². The first kappa shape index (κ1) is 15.0. The average Bonchev–Trinajstić information content (AvgIpc) is 2.43. The fraction of sp³-hybridized carbons (Fsp3) is 0.0714. The van der Waals surface area contributed by atoms with E-state index in [0.717, 1.165) is 5.56 Å². The van der Waals surface area contributed by atoms with E-state index in [9.17, 15) is 5.11 Å². The van der Waals surface area contributed by atoms with Gasteiger partial charge < -0.3 is 9.84 Å². The number of hydrogen-bond acceptors (Lipinski definition) is 3. The van der Waals surface area contributed by atoms with Crippen LogP contribution in [0.1, 0.15) is 5.56 Å². The molecule has 0 aromatic heterocycles. The summed E-state index contributed by atoms with van der Waals surface area (Å²) in [6, 6.07) is 8.00. The summed E-state index contributed by atoms with van der Waals surface area (Å²) < 4.78 is 5.02. The molecule has 0 unspecified atom stereocenters. The minimum atomic E-state index is 0.0669. The Morgan fingerprint density at radius 3 is 2.45 bits per heavy atom. The van der Waals surface area contributed by atoms with Gasteiger partial charge in [0.2, 0.25) is 0 Å². The molecule has 0 atom stereocenters. The van der Waals surface area contributed by atoms with Crippen LogP contribution < -0.4 is 4.74 Å². The van der Waals surface area contributed by atoms with E-state index in [0.29, 0.717) is 26.5 Å². The van der Waals surface area contributed by atoms with Crippen molar-refractivity contribution in [2.24, 2.45) is 4.99 Å². The molecule has 0 bridgehead atoms. The summed E-state index contributed by atoms with van der Waals surface area (Å²) in [6.45, 7) is 0. The highest BCUT2D eigenvalue weighted by atomic mass is 35.5. The van der Waals surface area contributed by atoms with Crippen molar-refractivity contribution in [1.82, 2.24) is 0 Å². The predicted octanol–water partition coefficient (Wildman–Crippen LogP) is 5.11. The lowest BCUT2D eigenvalue weighted by Gasteiger charge is -2.04. The van der Waals surface area contributed by atoms with E-state index in [4.69, 9.17) is 39.5 Å². The summed E-state index contributed by atoms with van der Waals surface area (Å²) in [5.74, 6) is 0.436. The average molecular weight is 331 g/mol. The van der Waals surface area contributed by atoms with Crippen molar-refractivity contribution in [3.63, 3.8) is 0 Å². The molecule has 2 aromatic carbocycles. The molecule has 0 fully saturated rings. The molecule has 0 spiro atoms. The molecular weight excluding hydrogens is 321 g/mol. The third kappa shape index (κ3) is 3.37. The fourth-order valence-electron chi connectivity index (χ4n) is 1.53. The maximum absolute atomic E-state index is 9.51. The van der Waals surface area contributed by atoms with Crippen LogP contribution in [0.3, 0.4) is 0 Å². The van der Waals surface area contributed by atoms with Crippen LogP contribution in [0.4, 0.5) is 5.69 Å².